The van der Waals surface area contributed by atoms with Gasteiger partial charge in [0.15, 0.2) is 5.13 Å². The van der Waals surface area contributed by atoms with Crippen LogP contribution in [0.4, 0.5) is 24.0 Å². The zero-order valence-electron chi connectivity index (χ0n) is 19.1. The molecule has 37 heavy (non-hydrogen) atoms. The van der Waals surface area contributed by atoms with Gasteiger partial charge in [-0.15, -0.1) is 11.3 Å². The fourth-order valence-corrected chi connectivity index (χ4v) is 4.60. The number of carbonyl (C=O) groups excluding carboxylic acids is 1. The van der Waals surface area contributed by atoms with E-state index in [1.54, 1.807) is 5.38 Å². The van der Waals surface area contributed by atoms with E-state index in [-0.39, 0.29) is 18.0 Å². The lowest BCUT2D eigenvalue weighted by molar-refractivity contribution is -0.137. The Bertz CT molecular complexity index is 1390. The minimum Gasteiger partial charge on any atom is -0.488 e. The summed E-state index contributed by atoms with van der Waals surface area (Å²) in [6, 6.07) is 20.3. The third kappa shape index (κ3) is 8.02. The van der Waals surface area contributed by atoms with Gasteiger partial charge in [0, 0.05) is 11.1 Å². The van der Waals surface area contributed by atoms with Crippen LogP contribution >= 0.6 is 33.9 Å². The lowest BCUT2D eigenvalue weighted by atomic mass is 10.2. The first kappa shape index (κ1) is 26.6. The fourth-order valence-electron chi connectivity index (χ4n) is 3.17. The van der Waals surface area contributed by atoms with Gasteiger partial charge in [0.2, 0.25) is 5.91 Å². The van der Waals surface area contributed by atoms with Gasteiger partial charge >= 0.3 is 6.18 Å². The van der Waals surface area contributed by atoms with Crippen LogP contribution in [0.5, 0.6) is 5.75 Å². The van der Waals surface area contributed by atoms with Crippen LogP contribution in [0.2, 0.25) is 0 Å². The number of nitrogens with one attached hydrogen (secondary N) is 2. The molecule has 0 saturated carbocycles. The minimum absolute atomic E-state index is 0.0259. The molecule has 3 aromatic carbocycles. The van der Waals surface area contributed by atoms with E-state index in [9.17, 15) is 18.0 Å². The van der Waals surface area contributed by atoms with Crippen molar-refractivity contribution in [1.82, 2.24) is 10.4 Å². The normalized spacial score (nSPS) is 11.5. The number of ether oxygens (including phenoxy) is 1. The van der Waals surface area contributed by atoms with E-state index in [0.29, 0.717) is 17.4 Å². The van der Waals surface area contributed by atoms with E-state index in [2.05, 4.69) is 43.4 Å². The Morgan fingerprint density at radius 3 is 2.65 bits per heavy atom. The number of hydrogen-bond acceptors (Lipinski definition) is 6. The van der Waals surface area contributed by atoms with Gasteiger partial charge in [0.05, 0.1) is 27.5 Å². The molecule has 6 nitrogen and oxygen atoms in total. The summed E-state index contributed by atoms with van der Waals surface area (Å²) in [7, 11) is 0. The van der Waals surface area contributed by atoms with Crippen molar-refractivity contribution in [3.05, 3.63) is 104 Å². The molecule has 1 aromatic heterocycles. The number of thiazole rings is 1. The number of halogens is 4. The molecule has 4 aromatic rings. The van der Waals surface area contributed by atoms with Gasteiger partial charge < -0.3 is 10.1 Å². The predicted molar refractivity (Wildman–Crippen MR) is 146 cm³/mol. The van der Waals surface area contributed by atoms with Crippen molar-refractivity contribution in [2.75, 3.05) is 5.32 Å². The monoisotopic (exact) mass is 636 g/mol. The SMILES string of the molecule is O=C(Cc1csc(Nc2cccc(C(F)(F)F)c2)n1)N/N=C\c1ccc(OCc2ccccc2)c(I)c1. The van der Waals surface area contributed by atoms with Gasteiger partial charge in [-0.3, -0.25) is 4.79 Å². The maximum absolute atomic E-state index is 12.9. The first-order valence-corrected chi connectivity index (χ1v) is 12.9. The molecule has 0 aliphatic carbocycles. The average molecular weight is 636 g/mol. The number of hydrazone groups is 1. The maximum atomic E-state index is 12.9. The number of hydrogen-bond donors (Lipinski definition) is 2. The number of amides is 1. The van der Waals surface area contributed by atoms with Crippen molar-refractivity contribution in [3.63, 3.8) is 0 Å². The first-order valence-electron chi connectivity index (χ1n) is 10.9. The largest absolute Gasteiger partial charge is 0.488 e. The molecule has 0 unspecified atom stereocenters. The predicted octanol–water partition coefficient (Wildman–Crippen LogP) is 6.78. The highest BCUT2D eigenvalue weighted by Gasteiger charge is 2.30. The fraction of sp³-hybridized carbons (Fsp3) is 0.115. The minimum atomic E-state index is -4.43. The number of rotatable bonds is 9. The van der Waals surface area contributed by atoms with Crippen molar-refractivity contribution in [2.45, 2.75) is 19.2 Å². The Morgan fingerprint density at radius 2 is 1.89 bits per heavy atom. The van der Waals surface area contributed by atoms with Crippen molar-refractivity contribution in [2.24, 2.45) is 5.10 Å². The molecule has 1 heterocycles. The van der Waals surface area contributed by atoms with E-state index in [1.165, 1.54) is 29.7 Å². The Kier molecular flexibility index (Phi) is 8.77. The Hall–Kier alpha value is -3.45. The van der Waals surface area contributed by atoms with Crippen LogP contribution in [-0.4, -0.2) is 17.1 Å². The molecule has 0 aliphatic rings. The summed E-state index contributed by atoms with van der Waals surface area (Å²) in [5, 5.41) is 8.88. The number of aromatic nitrogens is 1. The van der Waals surface area contributed by atoms with Crippen LogP contribution < -0.4 is 15.5 Å². The quantitative estimate of drug-likeness (QED) is 0.121. The number of nitrogens with zero attached hydrogens (tertiary/aromatic N) is 2. The van der Waals surface area contributed by atoms with E-state index in [0.717, 1.165) is 32.6 Å². The van der Waals surface area contributed by atoms with Crippen LogP contribution in [-0.2, 0) is 24.0 Å². The molecule has 190 valence electrons. The average Bonchev–Trinajstić information content (AvgIpc) is 3.30. The molecule has 11 heteroatoms. The summed E-state index contributed by atoms with van der Waals surface area (Å²) in [5.41, 5.74) is 4.30. The summed E-state index contributed by atoms with van der Waals surface area (Å²) in [4.78, 5) is 16.5. The van der Waals surface area contributed by atoms with Crippen molar-refractivity contribution < 1.29 is 22.7 Å². The van der Waals surface area contributed by atoms with E-state index >= 15 is 0 Å². The molecule has 0 aliphatic heterocycles. The third-order valence-electron chi connectivity index (χ3n) is 4.93. The number of alkyl halides is 3. The molecule has 0 saturated heterocycles. The molecule has 0 spiro atoms. The van der Waals surface area contributed by atoms with E-state index in [4.69, 9.17) is 4.74 Å². The summed E-state index contributed by atoms with van der Waals surface area (Å²) in [6.07, 6.45) is -2.93. The number of anilines is 2. The highest BCUT2D eigenvalue weighted by atomic mass is 127. The zero-order valence-corrected chi connectivity index (χ0v) is 22.1. The van der Waals surface area contributed by atoms with Crippen LogP contribution in [0.15, 0.2) is 83.3 Å². The molecule has 0 fully saturated rings. The second-order valence-electron chi connectivity index (χ2n) is 7.78. The summed E-state index contributed by atoms with van der Waals surface area (Å²) in [5.74, 6) is 0.383. The second kappa shape index (κ2) is 12.2. The van der Waals surface area contributed by atoms with Crippen molar-refractivity contribution >= 4 is 56.9 Å². The van der Waals surface area contributed by atoms with Gasteiger partial charge in [-0.25, -0.2) is 10.4 Å². The Labute approximate surface area is 228 Å². The van der Waals surface area contributed by atoms with Crippen LogP contribution in [0, 0.1) is 3.57 Å². The smallest absolute Gasteiger partial charge is 0.416 e. The lowest BCUT2D eigenvalue weighted by Crippen LogP contribution is -2.19. The number of carbonyl (C=O) groups is 1. The highest BCUT2D eigenvalue weighted by molar-refractivity contribution is 14.1. The summed E-state index contributed by atoms with van der Waals surface area (Å²) >= 11 is 3.37. The summed E-state index contributed by atoms with van der Waals surface area (Å²) in [6.45, 7) is 0.466. The van der Waals surface area contributed by atoms with Crippen molar-refractivity contribution in [3.8, 4) is 5.75 Å². The molecule has 0 atom stereocenters. The molecule has 0 radical (unpaired) electrons. The van der Waals surface area contributed by atoms with Crippen LogP contribution in [0.3, 0.4) is 0 Å². The van der Waals surface area contributed by atoms with E-state index < -0.39 is 11.7 Å². The molecular formula is C26H20F3IN4O2S. The highest BCUT2D eigenvalue weighted by Crippen LogP contribution is 2.32. The molecule has 1 amide bonds. The lowest BCUT2D eigenvalue weighted by Gasteiger charge is -2.09. The molecule has 0 bridgehead atoms. The molecular weight excluding hydrogens is 616 g/mol. The van der Waals surface area contributed by atoms with Gasteiger partial charge in [-0.2, -0.15) is 18.3 Å². The summed E-state index contributed by atoms with van der Waals surface area (Å²) < 4.78 is 45.4. The standard InChI is InChI=1S/C26H20F3IN4O2S/c27-26(28,29)19-7-4-8-20(12-19)32-25-33-21(16-37-25)13-24(35)34-31-14-18-9-10-23(22(30)11-18)36-15-17-5-2-1-3-6-17/h1-12,14,16H,13,15H2,(H,32,33)(H,34,35)/b31-14-. The first-order chi connectivity index (χ1) is 17.8. The third-order valence-corrected chi connectivity index (χ3v) is 6.58. The van der Waals surface area contributed by atoms with Gasteiger partial charge in [0.25, 0.3) is 0 Å². The molecule has 4 rings (SSSR count). The zero-order chi connectivity index (χ0) is 26.3. The maximum Gasteiger partial charge on any atom is 0.416 e. The van der Waals surface area contributed by atoms with Crippen LogP contribution in [0.25, 0.3) is 0 Å². The second-order valence-corrected chi connectivity index (χ2v) is 9.80. The van der Waals surface area contributed by atoms with Gasteiger partial charge in [-0.05, 0) is 70.1 Å². The van der Waals surface area contributed by atoms with Gasteiger partial charge in [0.1, 0.15) is 12.4 Å². The van der Waals surface area contributed by atoms with Crippen molar-refractivity contribution in [1.29, 1.82) is 0 Å². The topological polar surface area (TPSA) is 75.6 Å². The Morgan fingerprint density at radius 1 is 1.08 bits per heavy atom. The molecule has 2 N–H and O–H groups in total. The Balaban J connectivity index is 1.26. The number of benzene rings is 3. The van der Waals surface area contributed by atoms with Crippen LogP contribution in [0.1, 0.15) is 22.4 Å². The van der Waals surface area contributed by atoms with Gasteiger partial charge in [-0.1, -0.05) is 36.4 Å². The van der Waals surface area contributed by atoms with E-state index in [1.807, 2.05) is 48.5 Å².